The first-order valence-corrected chi connectivity index (χ1v) is 7.02. The van der Waals surface area contributed by atoms with Crippen LogP contribution in [0.4, 0.5) is 0 Å². The van der Waals surface area contributed by atoms with Crippen molar-refractivity contribution in [2.45, 2.75) is 19.4 Å². The lowest BCUT2D eigenvalue weighted by atomic mass is 10.0. The molecule has 1 heterocycles. The number of piperazine rings is 1. The molecule has 1 atom stereocenters. The van der Waals surface area contributed by atoms with E-state index in [4.69, 9.17) is 23.2 Å². The van der Waals surface area contributed by atoms with Crippen LogP contribution in [-0.4, -0.2) is 36.2 Å². The van der Waals surface area contributed by atoms with Gasteiger partial charge in [-0.05, 0) is 12.5 Å². The first-order valence-electron chi connectivity index (χ1n) is 6.26. The van der Waals surface area contributed by atoms with E-state index in [1.165, 1.54) is 0 Å². The minimum absolute atomic E-state index is 0. The fourth-order valence-corrected chi connectivity index (χ4v) is 2.82. The van der Waals surface area contributed by atoms with Crippen molar-refractivity contribution in [2.24, 2.45) is 0 Å². The quantitative estimate of drug-likeness (QED) is 0.856. The maximum absolute atomic E-state index is 10.2. The molecule has 116 valence electrons. The summed E-state index contributed by atoms with van der Waals surface area (Å²) in [6.07, 6.45) is 0.936. The smallest absolute Gasteiger partial charge is 0.140 e. The van der Waals surface area contributed by atoms with Crippen molar-refractivity contribution >= 4 is 48.0 Å². The third-order valence-corrected chi connectivity index (χ3v) is 4.23. The number of nitrogens with zero attached hydrogens (tertiary/aromatic N) is 1. The van der Waals surface area contributed by atoms with Crippen LogP contribution in [0.2, 0.25) is 10.0 Å². The fraction of sp³-hybridized carbons (Fsp3) is 0.538. The lowest BCUT2D eigenvalue weighted by molar-refractivity contribution is 0.167. The molecule has 20 heavy (non-hydrogen) atoms. The standard InChI is InChI=1S/C13H18Cl2N2O.2ClH/c1-2-11(17-7-5-16-6-8-17)9-3-4-10(14)12(15)13(9)18;;/h3-4,11,16,18H,2,5-8H2,1H3;2*1H/t11-;;/m0../s1. The van der Waals surface area contributed by atoms with E-state index in [0.29, 0.717) is 5.02 Å². The van der Waals surface area contributed by atoms with E-state index in [2.05, 4.69) is 17.1 Å². The molecule has 0 aromatic heterocycles. The van der Waals surface area contributed by atoms with Crippen LogP contribution >= 0.6 is 48.0 Å². The highest BCUT2D eigenvalue weighted by atomic mass is 35.5. The summed E-state index contributed by atoms with van der Waals surface area (Å²) in [5.74, 6) is 0.120. The zero-order valence-electron chi connectivity index (χ0n) is 11.2. The molecule has 0 bridgehead atoms. The van der Waals surface area contributed by atoms with Crippen molar-refractivity contribution in [1.82, 2.24) is 10.2 Å². The molecule has 1 fully saturated rings. The minimum Gasteiger partial charge on any atom is -0.506 e. The van der Waals surface area contributed by atoms with Crippen molar-refractivity contribution < 1.29 is 5.11 Å². The molecule has 7 heteroatoms. The maximum Gasteiger partial charge on any atom is 0.140 e. The predicted molar refractivity (Wildman–Crippen MR) is 90.1 cm³/mol. The van der Waals surface area contributed by atoms with Gasteiger partial charge in [0.15, 0.2) is 0 Å². The van der Waals surface area contributed by atoms with Crippen LogP contribution in [0.1, 0.15) is 24.9 Å². The summed E-state index contributed by atoms with van der Waals surface area (Å²) in [7, 11) is 0. The highest BCUT2D eigenvalue weighted by molar-refractivity contribution is 6.43. The van der Waals surface area contributed by atoms with Crippen LogP contribution < -0.4 is 5.32 Å². The summed E-state index contributed by atoms with van der Waals surface area (Å²) < 4.78 is 0. The van der Waals surface area contributed by atoms with Gasteiger partial charge in [0.05, 0.1) is 5.02 Å². The summed E-state index contributed by atoms with van der Waals surface area (Å²) in [6, 6.07) is 3.82. The Balaban J connectivity index is 0.00000180. The van der Waals surface area contributed by atoms with Crippen LogP contribution in [0.5, 0.6) is 5.75 Å². The van der Waals surface area contributed by atoms with E-state index in [-0.39, 0.29) is 41.6 Å². The van der Waals surface area contributed by atoms with Crippen LogP contribution in [0.25, 0.3) is 0 Å². The zero-order chi connectivity index (χ0) is 13.1. The van der Waals surface area contributed by atoms with Gasteiger partial charge >= 0.3 is 0 Å². The van der Waals surface area contributed by atoms with Gasteiger partial charge in [0.1, 0.15) is 10.8 Å². The fourth-order valence-electron chi connectivity index (χ4n) is 2.49. The van der Waals surface area contributed by atoms with Gasteiger partial charge in [-0.3, -0.25) is 4.90 Å². The van der Waals surface area contributed by atoms with Crippen molar-refractivity contribution in [3.63, 3.8) is 0 Å². The molecule has 2 N–H and O–H groups in total. The van der Waals surface area contributed by atoms with Crippen LogP contribution in [-0.2, 0) is 0 Å². The molecule has 1 saturated heterocycles. The van der Waals surface area contributed by atoms with Gasteiger partial charge in [-0.1, -0.05) is 36.2 Å². The van der Waals surface area contributed by atoms with Gasteiger partial charge in [-0.25, -0.2) is 0 Å². The SMILES string of the molecule is CC[C@@H](c1ccc(Cl)c(Cl)c1O)N1CCNCC1.Cl.Cl. The second-order valence-corrected chi connectivity index (χ2v) is 5.29. The Morgan fingerprint density at radius 2 is 1.85 bits per heavy atom. The molecule has 1 aromatic rings. The van der Waals surface area contributed by atoms with E-state index in [0.717, 1.165) is 38.2 Å². The Bertz CT molecular complexity index is 425. The summed E-state index contributed by atoms with van der Waals surface area (Å²) >= 11 is 11.9. The Morgan fingerprint density at radius 1 is 1.25 bits per heavy atom. The largest absolute Gasteiger partial charge is 0.506 e. The Morgan fingerprint density at radius 3 is 2.40 bits per heavy atom. The molecule has 1 aliphatic rings. The Kier molecular flexibility index (Phi) is 9.23. The highest BCUT2D eigenvalue weighted by Crippen LogP contribution is 2.39. The Labute approximate surface area is 142 Å². The second-order valence-electron chi connectivity index (χ2n) is 4.51. The van der Waals surface area contributed by atoms with Crippen LogP contribution in [0.15, 0.2) is 12.1 Å². The summed E-state index contributed by atoms with van der Waals surface area (Å²) in [4.78, 5) is 2.37. The van der Waals surface area contributed by atoms with E-state index in [1.54, 1.807) is 6.07 Å². The number of benzene rings is 1. The average molecular weight is 362 g/mol. The molecular formula is C13H20Cl4N2O. The molecule has 0 spiro atoms. The molecule has 0 radical (unpaired) electrons. The van der Waals surface area contributed by atoms with E-state index >= 15 is 0 Å². The average Bonchev–Trinajstić information content (AvgIpc) is 2.41. The van der Waals surface area contributed by atoms with Crippen LogP contribution in [0, 0.1) is 0 Å². The van der Waals surface area contributed by atoms with Crippen LogP contribution in [0.3, 0.4) is 0 Å². The predicted octanol–water partition coefficient (Wildman–Crippen LogP) is 3.90. The number of hydrogen-bond acceptors (Lipinski definition) is 3. The Hall–Kier alpha value is 0.1000. The summed E-state index contributed by atoms with van der Waals surface area (Å²) in [6.45, 7) is 6.06. The lowest BCUT2D eigenvalue weighted by Gasteiger charge is -2.35. The summed E-state index contributed by atoms with van der Waals surface area (Å²) in [5.41, 5.74) is 0.869. The van der Waals surface area contributed by atoms with Gasteiger partial charge in [-0.2, -0.15) is 0 Å². The topological polar surface area (TPSA) is 35.5 Å². The maximum atomic E-state index is 10.2. The number of rotatable bonds is 3. The normalized spacial score (nSPS) is 16.9. The van der Waals surface area contributed by atoms with Crippen molar-refractivity contribution in [2.75, 3.05) is 26.2 Å². The van der Waals surface area contributed by atoms with Gasteiger partial charge in [0.25, 0.3) is 0 Å². The monoisotopic (exact) mass is 360 g/mol. The van der Waals surface area contributed by atoms with E-state index < -0.39 is 0 Å². The molecule has 1 aliphatic heterocycles. The van der Waals surface area contributed by atoms with E-state index in [1.807, 2.05) is 6.07 Å². The number of aromatic hydroxyl groups is 1. The number of halogens is 4. The number of hydrogen-bond donors (Lipinski definition) is 2. The minimum atomic E-state index is 0. The van der Waals surface area contributed by atoms with Gasteiger partial charge < -0.3 is 10.4 Å². The van der Waals surface area contributed by atoms with Crippen molar-refractivity contribution in [1.29, 1.82) is 0 Å². The van der Waals surface area contributed by atoms with E-state index in [9.17, 15) is 5.11 Å². The van der Waals surface area contributed by atoms with Gasteiger partial charge in [0, 0.05) is 37.8 Å². The summed E-state index contributed by atoms with van der Waals surface area (Å²) in [5, 5.41) is 14.1. The number of phenols is 1. The third kappa shape index (κ3) is 4.30. The molecule has 0 amide bonds. The third-order valence-electron chi connectivity index (χ3n) is 3.44. The van der Waals surface area contributed by atoms with Crippen molar-refractivity contribution in [3.05, 3.63) is 27.7 Å². The lowest BCUT2D eigenvalue weighted by Crippen LogP contribution is -2.45. The molecule has 1 aromatic carbocycles. The first-order chi connectivity index (χ1) is 8.65. The highest BCUT2D eigenvalue weighted by Gasteiger charge is 2.24. The molecule has 0 unspecified atom stereocenters. The molecule has 0 saturated carbocycles. The first kappa shape index (κ1) is 20.1. The molecule has 3 nitrogen and oxygen atoms in total. The zero-order valence-corrected chi connectivity index (χ0v) is 14.4. The molecule has 2 rings (SSSR count). The van der Waals surface area contributed by atoms with Gasteiger partial charge in [-0.15, -0.1) is 24.8 Å². The van der Waals surface area contributed by atoms with Crippen molar-refractivity contribution in [3.8, 4) is 5.75 Å². The number of nitrogens with one attached hydrogen (secondary N) is 1. The van der Waals surface area contributed by atoms with Gasteiger partial charge in [0.2, 0.25) is 0 Å². The molecule has 0 aliphatic carbocycles. The number of phenolic OH excluding ortho intramolecular Hbond substituents is 1. The molecular weight excluding hydrogens is 342 g/mol. The second kappa shape index (κ2) is 9.19.